The van der Waals surface area contributed by atoms with E-state index >= 15 is 0 Å². The van der Waals surface area contributed by atoms with Crippen LogP contribution in [0.1, 0.15) is 137 Å². The van der Waals surface area contributed by atoms with E-state index in [1.165, 1.54) is 157 Å². The first-order valence-electron chi connectivity index (χ1n) is 17.8. The van der Waals surface area contributed by atoms with Gasteiger partial charge in [-0.2, -0.15) is 0 Å². The lowest BCUT2D eigenvalue weighted by molar-refractivity contribution is 0.576. The van der Waals surface area contributed by atoms with Gasteiger partial charge in [0.05, 0.1) is 0 Å². The van der Waals surface area contributed by atoms with E-state index in [1.54, 1.807) is 0 Å². The molecule has 0 aliphatic rings. The van der Waals surface area contributed by atoms with Crippen molar-refractivity contribution in [1.29, 1.82) is 0 Å². The molecule has 2 heteroatoms. The van der Waals surface area contributed by atoms with Crippen LogP contribution in [0.15, 0.2) is 72.8 Å². The van der Waals surface area contributed by atoms with Crippen LogP contribution in [0.3, 0.4) is 0 Å². The van der Waals surface area contributed by atoms with Crippen LogP contribution in [0.2, 0.25) is 0 Å². The van der Waals surface area contributed by atoms with Crippen LogP contribution >= 0.6 is 22.7 Å². The average Bonchev–Trinajstić information content (AvgIpc) is 3.73. The summed E-state index contributed by atoms with van der Waals surface area (Å²) >= 11 is 3.94. The Labute approximate surface area is 277 Å². The van der Waals surface area contributed by atoms with Crippen LogP contribution in [0.4, 0.5) is 0 Å². The van der Waals surface area contributed by atoms with E-state index in [9.17, 15) is 0 Å². The van der Waals surface area contributed by atoms with Gasteiger partial charge in [-0.15, -0.1) is 22.7 Å². The molecule has 2 aromatic heterocycles. The van der Waals surface area contributed by atoms with E-state index in [1.807, 2.05) is 22.7 Å². The summed E-state index contributed by atoms with van der Waals surface area (Å²) in [4.78, 5) is 5.83. The topological polar surface area (TPSA) is 0 Å². The fourth-order valence-electron chi connectivity index (χ4n) is 5.91. The smallest absolute Gasteiger partial charge is 0.0345 e. The highest BCUT2D eigenvalue weighted by Gasteiger charge is 2.05. The van der Waals surface area contributed by atoms with Gasteiger partial charge in [-0.1, -0.05) is 164 Å². The van der Waals surface area contributed by atoms with E-state index in [0.29, 0.717) is 0 Å². The highest BCUT2D eigenvalue weighted by Crippen LogP contribution is 2.31. The summed E-state index contributed by atoms with van der Waals surface area (Å²) in [5.41, 5.74) is 5.16. The lowest BCUT2D eigenvalue weighted by Gasteiger charge is -2.02. The van der Waals surface area contributed by atoms with Gasteiger partial charge in [-0.05, 0) is 72.2 Å². The van der Waals surface area contributed by atoms with Gasteiger partial charge in [0.25, 0.3) is 0 Å². The molecule has 0 amide bonds. The SMILES string of the molecule is CCCCCCCCCCc1ccc(-c2ccc(C=Cc3ccc(-c4ccc(CCCCCCCCCC)s4)cc3)cc2)s1. The standard InChI is InChI=1S/C42H56S2/c1-3-5-7-9-11-13-15-17-19-39-31-33-41(43-39)37-27-23-35(24-28-37)21-22-36-25-29-38(30-26-36)42-34-32-40(44-42)20-18-16-14-12-10-8-6-4-2/h21-34H,3-20H2,1-2H3. The van der Waals surface area contributed by atoms with Crippen molar-refractivity contribution >= 4 is 34.8 Å². The highest BCUT2D eigenvalue weighted by atomic mass is 32.1. The minimum Gasteiger partial charge on any atom is -0.140 e. The van der Waals surface area contributed by atoms with Crippen LogP contribution in [0.5, 0.6) is 0 Å². The molecule has 0 spiro atoms. The van der Waals surface area contributed by atoms with Crippen molar-refractivity contribution in [2.75, 3.05) is 0 Å². The summed E-state index contributed by atoms with van der Waals surface area (Å²) in [5.74, 6) is 0. The predicted molar refractivity (Wildman–Crippen MR) is 201 cm³/mol. The van der Waals surface area contributed by atoms with Crippen molar-refractivity contribution in [3.05, 3.63) is 93.7 Å². The molecule has 0 radical (unpaired) electrons. The van der Waals surface area contributed by atoms with Crippen LogP contribution in [-0.4, -0.2) is 0 Å². The first-order chi connectivity index (χ1) is 21.7. The maximum atomic E-state index is 2.34. The quantitative estimate of drug-likeness (QED) is 0.0603. The summed E-state index contributed by atoms with van der Waals surface area (Å²) in [5, 5.41) is 0. The highest BCUT2D eigenvalue weighted by molar-refractivity contribution is 7.15. The van der Waals surface area contributed by atoms with Crippen LogP contribution in [0, 0.1) is 0 Å². The summed E-state index contributed by atoms with van der Waals surface area (Å²) in [6.45, 7) is 4.58. The van der Waals surface area contributed by atoms with E-state index in [0.717, 1.165) is 0 Å². The number of thiophene rings is 2. The van der Waals surface area contributed by atoms with Gasteiger partial charge in [0.1, 0.15) is 0 Å². The van der Waals surface area contributed by atoms with Gasteiger partial charge in [0.2, 0.25) is 0 Å². The van der Waals surface area contributed by atoms with Crippen LogP contribution in [0.25, 0.3) is 33.0 Å². The molecule has 0 unspecified atom stereocenters. The van der Waals surface area contributed by atoms with Crippen molar-refractivity contribution in [2.45, 2.75) is 129 Å². The minimum atomic E-state index is 1.23. The molecule has 0 saturated heterocycles. The Bertz CT molecular complexity index is 1220. The zero-order chi connectivity index (χ0) is 30.7. The van der Waals surface area contributed by atoms with Crippen molar-refractivity contribution in [2.24, 2.45) is 0 Å². The third-order valence-corrected chi connectivity index (χ3v) is 11.1. The lowest BCUT2D eigenvalue weighted by atomic mass is 10.1. The van der Waals surface area contributed by atoms with E-state index in [2.05, 4.69) is 98.8 Å². The molecular weight excluding hydrogens is 569 g/mol. The second-order valence-corrected chi connectivity index (χ2v) is 14.9. The zero-order valence-electron chi connectivity index (χ0n) is 27.6. The number of hydrogen-bond donors (Lipinski definition) is 0. The van der Waals surface area contributed by atoms with Crippen molar-refractivity contribution in [3.63, 3.8) is 0 Å². The molecule has 0 bridgehead atoms. The zero-order valence-corrected chi connectivity index (χ0v) is 29.3. The lowest BCUT2D eigenvalue weighted by Crippen LogP contribution is -1.83. The van der Waals surface area contributed by atoms with Crippen molar-refractivity contribution < 1.29 is 0 Å². The van der Waals surface area contributed by atoms with Gasteiger partial charge >= 0.3 is 0 Å². The predicted octanol–water partition coefficient (Wildman–Crippen LogP) is 14.7. The molecule has 0 saturated carbocycles. The molecule has 236 valence electrons. The summed E-state index contributed by atoms with van der Waals surface area (Å²) in [7, 11) is 0. The molecule has 0 aliphatic heterocycles. The van der Waals surface area contributed by atoms with Crippen LogP contribution < -0.4 is 0 Å². The third kappa shape index (κ3) is 12.5. The summed E-state index contributed by atoms with van der Waals surface area (Å²) < 4.78 is 0. The molecule has 0 fully saturated rings. The molecule has 0 nitrogen and oxygen atoms in total. The van der Waals surface area contributed by atoms with E-state index < -0.39 is 0 Å². The number of aryl methyl sites for hydroxylation is 2. The Morgan fingerprint density at radius 3 is 1.09 bits per heavy atom. The molecule has 2 heterocycles. The van der Waals surface area contributed by atoms with Gasteiger partial charge in [0, 0.05) is 19.5 Å². The monoisotopic (exact) mass is 624 g/mol. The first-order valence-corrected chi connectivity index (χ1v) is 19.4. The van der Waals surface area contributed by atoms with Gasteiger partial charge in [-0.25, -0.2) is 0 Å². The minimum absolute atomic E-state index is 1.23. The molecule has 0 atom stereocenters. The molecular formula is C42H56S2. The Morgan fingerprint density at radius 2 is 0.727 bits per heavy atom. The maximum absolute atomic E-state index is 2.34. The number of unbranched alkanes of at least 4 members (excludes halogenated alkanes) is 14. The van der Waals surface area contributed by atoms with Crippen molar-refractivity contribution in [3.8, 4) is 20.9 Å². The number of hydrogen-bond acceptors (Lipinski definition) is 2. The maximum Gasteiger partial charge on any atom is 0.0345 e. The molecule has 2 aromatic carbocycles. The summed E-state index contributed by atoms with van der Waals surface area (Å²) in [6, 6.07) is 27.4. The van der Waals surface area contributed by atoms with Crippen LogP contribution in [-0.2, 0) is 12.8 Å². The Hall–Kier alpha value is -2.42. The largest absolute Gasteiger partial charge is 0.140 e. The average molecular weight is 625 g/mol. The van der Waals surface area contributed by atoms with E-state index in [4.69, 9.17) is 0 Å². The second-order valence-electron chi connectivity index (χ2n) is 12.6. The fraction of sp³-hybridized carbons (Fsp3) is 0.476. The first kappa shape index (κ1) is 34.5. The normalized spacial score (nSPS) is 11.6. The Kier molecular flexibility index (Phi) is 16.1. The van der Waals surface area contributed by atoms with Gasteiger partial charge in [-0.3, -0.25) is 0 Å². The third-order valence-electron chi connectivity index (χ3n) is 8.74. The van der Waals surface area contributed by atoms with Gasteiger partial charge < -0.3 is 0 Å². The Balaban J connectivity index is 1.17. The van der Waals surface area contributed by atoms with Gasteiger partial charge in [0.15, 0.2) is 0 Å². The molecule has 4 aromatic rings. The Morgan fingerprint density at radius 1 is 0.386 bits per heavy atom. The second kappa shape index (κ2) is 20.6. The molecule has 44 heavy (non-hydrogen) atoms. The molecule has 0 N–H and O–H groups in total. The van der Waals surface area contributed by atoms with Crippen molar-refractivity contribution in [1.82, 2.24) is 0 Å². The molecule has 4 rings (SSSR count). The number of rotatable bonds is 22. The van der Waals surface area contributed by atoms with E-state index in [-0.39, 0.29) is 0 Å². The molecule has 0 aliphatic carbocycles. The summed E-state index contributed by atoms with van der Waals surface area (Å²) in [6.07, 6.45) is 29.1. The number of benzene rings is 2. The fourth-order valence-corrected chi connectivity index (χ4v) is 8.02.